The Kier molecular flexibility index (Phi) is 6.50. The predicted octanol–water partition coefficient (Wildman–Crippen LogP) is 5.91. The highest BCUT2D eigenvalue weighted by Crippen LogP contribution is 2.27. The van der Waals surface area contributed by atoms with Crippen LogP contribution in [0.25, 0.3) is 0 Å². The molecule has 0 aliphatic carbocycles. The van der Waals surface area contributed by atoms with Crippen LogP contribution in [0.2, 0.25) is 5.02 Å². The molecule has 0 aromatic heterocycles. The summed E-state index contributed by atoms with van der Waals surface area (Å²) in [6, 6.07) is 13.1. The number of carbonyl (C=O) groups is 1. The molecule has 0 aliphatic rings. The monoisotopic (exact) mass is 510 g/mol. The second kappa shape index (κ2) is 8.75. The maximum absolute atomic E-state index is 14.0. The molecule has 3 aromatic carbocycles. The van der Waals surface area contributed by atoms with E-state index in [-0.39, 0.29) is 21.2 Å². The summed E-state index contributed by atoms with van der Waals surface area (Å²) in [6.07, 6.45) is 0. The molecule has 0 unspecified atom stereocenters. The normalized spacial score (nSPS) is 11.2. The van der Waals surface area contributed by atoms with Gasteiger partial charge < -0.3 is 5.32 Å². The number of carbonyl (C=O) groups excluding carboxylic acids is 1. The van der Waals surface area contributed by atoms with Crippen molar-refractivity contribution in [3.05, 3.63) is 86.6 Å². The summed E-state index contributed by atoms with van der Waals surface area (Å²) in [7, 11) is -4.06. The molecule has 9 heteroatoms. The van der Waals surface area contributed by atoms with Crippen molar-refractivity contribution in [1.29, 1.82) is 0 Å². The first-order valence-electron chi connectivity index (χ1n) is 8.73. The molecule has 0 bridgehead atoms. The fourth-order valence-corrected chi connectivity index (χ4v) is 4.56. The fourth-order valence-electron chi connectivity index (χ4n) is 2.65. The van der Waals surface area contributed by atoms with Crippen molar-refractivity contribution in [2.45, 2.75) is 18.7 Å². The van der Waals surface area contributed by atoms with E-state index in [2.05, 4.69) is 26.0 Å². The Balaban J connectivity index is 1.89. The van der Waals surface area contributed by atoms with Crippen LogP contribution in [0.4, 0.5) is 15.8 Å². The number of halogens is 3. The molecule has 3 aromatic rings. The average Bonchev–Trinajstić information content (AvgIpc) is 2.67. The maximum Gasteiger partial charge on any atom is 0.263 e. The first-order chi connectivity index (χ1) is 14.1. The van der Waals surface area contributed by atoms with Crippen LogP contribution < -0.4 is 10.0 Å². The molecule has 0 spiro atoms. The van der Waals surface area contributed by atoms with Gasteiger partial charge in [-0.2, -0.15) is 0 Å². The Bertz CT molecular complexity index is 1250. The lowest BCUT2D eigenvalue weighted by Gasteiger charge is -2.13. The van der Waals surface area contributed by atoms with Crippen molar-refractivity contribution >= 4 is 54.8 Å². The van der Waals surface area contributed by atoms with E-state index in [0.29, 0.717) is 10.2 Å². The summed E-state index contributed by atoms with van der Waals surface area (Å²) in [6.45, 7) is 3.78. The van der Waals surface area contributed by atoms with E-state index < -0.39 is 21.7 Å². The molecule has 156 valence electrons. The molecule has 0 saturated heterocycles. The van der Waals surface area contributed by atoms with Gasteiger partial charge in [-0.1, -0.05) is 33.6 Å². The standard InChI is InChI=1S/C21H17BrClFN2O3S/c1-12-3-6-16(9-13(12)2)26-30(28,29)20-10-14(4-7-17(20)23)21(27)25-19-8-5-15(22)11-18(19)24/h3-11,26H,1-2H3,(H,25,27). The van der Waals surface area contributed by atoms with Crippen molar-refractivity contribution in [3.8, 4) is 0 Å². The first kappa shape index (κ1) is 22.3. The van der Waals surface area contributed by atoms with Crippen molar-refractivity contribution in [2.75, 3.05) is 10.0 Å². The first-order valence-corrected chi connectivity index (χ1v) is 11.4. The number of nitrogens with one attached hydrogen (secondary N) is 2. The van der Waals surface area contributed by atoms with E-state index >= 15 is 0 Å². The van der Waals surface area contributed by atoms with Gasteiger partial charge in [0.2, 0.25) is 0 Å². The zero-order valence-corrected chi connectivity index (χ0v) is 19.1. The fraction of sp³-hybridized carbons (Fsp3) is 0.0952. The van der Waals surface area contributed by atoms with Crippen LogP contribution in [-0.2, 0) is 10.0 Å². The summed E-state index contributed by atoms with van der Waals surface area (Å²) in [5.41, 5.74) is 2.31. The van der Waals surface area contributed by atoms with Crippen LogP contribution in [0.15, 0.2) is 64.0 Å². The highest BCUT2D eigenvalue weighted by Gasteiger charge is 2.21. The molecule has 0 aliphatic heterocycles. The van der Waals surface area contributed by atoms with E-state index in [1.54, 1.807) is 24.3 Å². The molecule has 30 heavy (non-hydrogen) atoms. The topological polar surface area (TPSA) is 75.3 Å². The third kappa shape index (κ3) is 5.00. The van der Waals surface area contributed by atoms with Gasteiger partial charge in [0, 0.05) is 15.7 Å². The molecule has 0 atom stereocenters. The van der Waals surface area contributed by atoms with Crippen LogP contribution in [0.3, 0.4) is 0 Å². The quantitative estimate of drug-likeness (QED) is 0.447. The van der Waals surface area contributed by atoms with E-state index in [1.165, 1.54) is 24.3 Å². The van der Waals surface area contributed by atoms with Crippen LogP contribution in [0.1, 0.15) is 21.5 Å². The number of hydrogen-bond acceptors (Lipinski definition) is 3. The molecule has 3 rings (SSSR count). The summed E-state index contributed by atoms with van der Waals surface area (Å²) in [5.74, 6) is -1.30. The Labute approximate surface area is 187 Å². The summed E-state index contributed by atoms with van der Waals surface area (Å²) in [4.78, 5) is 12.3. The van der Waals surface area contributed by atoms with E-state index in [0.717, 1.165) is 17.2 Å². The Morgan fingerprint density at radius 1 is 1.00 bits per heavy atom. The number of amides is 1. The van der Waals surface area contributed by atoms with Gasteiger partial charge in [-0.05, 0) is 73.5 Å². The number of sulfonamides is 1. The van der Waals surface area contributed by atoms with E-state index in [4.69, 9.17) is 11.6 Å². The predicted molar refractivity (Wildman–Crippen MR) is 120 cm³/mol. The van der Waals surface area contributed by atoms with Gasteiger partial charge in [0.05, 0.1) is 10.7 Å². The number of rotatable bonds is 5. The second-order valence-corrected chi connectivity index (χ2v) is 9.60. The van der Waals surface area contributed by atoms with Gasteiger partial charge in [0.1, 0.15) is 10.7 Å². The molecule has 5 nitrogen and oxygen atoms in total. The van der Waals surface area contributed by atoms with Gasteiger partial charge in [0.25, 0.3) is 15.9 Å². The van der Waals surface area contributed by atoms with Gasteiger partial charge in [0.15, 0.2) is 0 Å². The zero-order valence-electron chi connectivity index (χ0n) is 16.0. The van der Waals surface area contributed by atoms with Crippen molar-refractivity contribution in [2.24, 2.45) is 0 Å². The van der Waals surface area contributed by atoms with Gasteiger partial charge in [-0.15, -0.1) is 0 Å². The third-order valence-corrected chi connectivity index (χ3v) is 6.78. The minimum Gasteiger partial charge on any atom is -0.319 e. The Morgan fingerprint density at radius 3 is 2.40 bits per heavy atom. The lowest BCUT2D eigenvalue weighted by Crippen LogP contribution is -2.17. The molecule has 0 radical (unpaired) electrons. The van der Waals surface area contributed by atoms with Crippen LogP contribution in [0.5, 0.6) is 0 Å². The van der Waals surface area contributed by atoms with Gasteiger partial charge >= 0.3 is 0 Å². The zero-order chi connectivity index (χ0) is 22.1. The maximum atomic E-state index is 14.0. The molecule has 1 amide bonds. The minimum atomic E-state index is -4.06. The number of anilines is 2. The van der Waals surface area contributed by atoms with E-state index in [1.807, 2.05) is 13.8 Å². The largest absolute Gasteiger partial charge is 0.319 e. The second-order valence-electron chi connectivity index (χ2n) is 6.63. The average molecular weight is 512 g/mol. The summed E-state index contributed by atoms with van der Waals surface area (Å²) >= 11 is 9.24. The van der Waals surface area contributed by atoms with Gasteiger partial charge in [-0.25, -0.2) is 12.8 Å². The van der Waals surface area contributed by atoms with Crippen molar-refractivity contribution in [1.82, 2.24) is 0 Å². The minimum absolute atomic E-state index is 0.0159. The van der Waals surface area contributed by atoms with Crippen molar-refractivity contribution < 1.29 is 17.6 Å². The SMILES string of the molecule is Cc1ccc(NS(=O)(=O)c2cc(C(=O)Nc3ccc(Br)cc3F)ccc2Cl)cc1C. The van der Waals surface area contributed by atoms with Crippen molar-refractivity contribution in [3.63, 3.8) is 0 Å². The van der Waals surface area contributed by atoms with Crippen LogP contribution in [-0.4, -0.2) is 14.3 Å². The number of hydrogen-bond donors (Lipinski definition) is 2. The molecule has 0 heterocycles. The highest BCUT2D eigenvalue weighted by atomic mass is 79.9. The van der Waals surface area contributed by atoms with Crippen LogP contribution >= 0.6 is 27.5 Å². The molecule has 2 N–H and O–H groups in total. The van der Waals surface area contributed by atoms with Crippen LogP contribution in [0, 0.1) is 19.7 Å². The highest BCUT2D eigenvalue weighted by molar-refractivity contribution is 9.10. The third-order valence-electron chi connectivity index (χ3n) is 4.42. The Hall–Kier alpha value is -2.42. The molecular formula is C21H17BrClFN2O3S. The number of benzene rings is 3. The van der Waals surface area contributed by atoms with E-state index in [9.17, 15) is 17.6 Å². The lowest BCUT2D eigenvalue weighted by molar-refractivity contribution is 0.102. The molecular weight excluding hydrogens is 495 g/mol. The lowest BCUT2D eigenvalue weighted by atomic mass is 10.1. The molecule has 0 fully saturated rings. The smallest absolute Gasteiger partial charge is 0.263 e. The summed E-state index contributed by atoms with van der Waals surface area (Å²) in [5, 5.41) is 2.38. The Morgan fingerprint density at radius 2 is 1.73 bits per heavy atom. The summed E-state index contributed by atoms with van der Waals surface area (Å²) < 4.78 is 42.7. The van der Waals surface area contributed by atoms with Gasteiger partial charge in [-0.3, -0.25) is 9.52 Å². The molecule has 0 saturated carbocycles. The number of aryl methyl sites for hydroxylation is 2.